The first-order valence-corrected chi connectivity index (χ1v) is 4.87. The van der Waals surface area contributed by atoms with Crippen molar-refractivity contribution in [3.05, 3.63) is 65.6 Å². The van der Waals surface area contributed by atoms with Crippen molar-refractivity contribution in [3.63, 3.8) is 0 Å². The Kier molecular flexibility index (Phi) is 2.80. The second-order valence-corrected chi connectivity index (χ2v) is 3.44. The highest BCUT2D eigenvalue weighted by Crippen LogP contribution is 2.20. The van der Waals surface area contributed by atoms with Crippen molar-refractivity contribution in [3.8, 4) is 0 Å². The minimum atomic E-state index is 0.622. The topological polar surface area (TPSA) is 26.0 Å². The first-order chi connectivity index (χ1) is 6.90. The number of rotatable bonds is 3. The van der Waals surface area contributed by atoms with E-state index in [9.17, 15) is 0 Å². The van der Waals surface area contributed by atoms with E-state index in [1.54, 1.807) is 0 Å². The molecule has 0 heterocycles. The number of hydrogen-bond donors (Lipinski definition) is 1. The maximum absolute atomic E-state index is 5.68. The summed E-state index contributed by atoms with van der Waals surface area (Å²) < 4.78 is 0. The van der Waals surface area contributed by atoms with E-state index in [-0.39, 0.29) is 0 Å². The maximum atomic E-state index is 5.68. The minimum absolute atomic E-state index is 0.622. The average Bonchev–Trinajstić information content (AvgIpc) is 2.71. The lowest BCUT2D eigenvalue weighted by molar-refractivity contribution is 0.995. The van der Waals surface area contributed by atoms with E-state index in [0.717, 1.165) is 6.42 Å². The molecular formula is C13H14N. The summed E-state index contributed by atoms with van der Waals surface area (Å²) in [4.78, 5) is 0. The predicted molar refractivity (Wildman–Crippen MR) is 59.6 cm³/mol. The van der Waals surface area contributed by atoms with Crippen LogP contribution in [0.15, 0.2) is 48.6 Å². The molecule has 1 heteroatoms. The van der Waals surface area contributed by atoms with Crippen LogP contribution in [0.4, 0.5) is 0 Å². The van der Waals surface area contributed by atoms with Crippen molar-refractivity contribution in [2.45, 2.75) is 13.0 Å². The van der Waals surface area contributed by atoms with Crippen molar-refractivity contribution >= 4 is 0 Å². The molecular weight excluding hydrogens is 170 g/mol. The van der Waals surface area contributed by atoms with E-state index in [0.29, 0.717) is 6.54 Å². The predicted octanol–water partition coefficient (Wildman–Crippen LogP) is 2.39. The van der Waals surface area contributed by atoms with E-state index in [2.05, 4.69) is 42.5 Å². The van der Waals surface area contributed by atoms with Crippen LogP contribution in [-0.2, 0) is 13.0 Å². The van der Waals surface area contributed by atoms with Crippen LogP contribution in [-0.4, -0.2) is 0 Å². The highest BCUT2D eigenvalue weighted by atomic mass is 14.5. The third kappa shape index (κ3) is 1.94. The van der Waals surface area contributed by atoms with Gasteiger partial charge in [0.15, 0.2) is 0 Å². The van der Waals surface area contributed by atoms with Crippen LogP contribution in [0, 0.1) is 5.92 Å². The molecule has 0 fully saturated rings. The zero-order valence-electron chi connectivity index (χ0n) is 8.11. The molecule has 0 bridgehead atoms. The number of nitrogens with two attached hydrogens (primary N) is 1. The van der Waals surface area contributed by atoms with Gasteiger partial charge in [-0.2, -0.15) is 0 Å². The average molecular weight is 184 g/mol. The Hall–Kier alpha value is -1.34. The molecule has 1 aliphatic rings. The maximum Gasteiger partial charge on any atom is 0.0237 e. The zero-order valence-corrected chi connectivity index (χ0v) is 8.11. The highest BCUT2D eigenvalue weighted by Gasteiger charge is 2.08. The van der Waals surface area contributed by atoms with Gasteiger partial charge in [-0.05, 0) is 17.5 Å². The molecule has 0 unspecified atom stereocenters. The molecule has 1 aromatic rings. The summed E-state index contributed by atoms with van der Waals surface area (Å²) in [6, 6.07) is 8.35. The Balaban J connectivity index is 2.15. The summed E-state index contributed by atoms with van der Waals surface area (Å²) >= 11 is 0. The summed E-state index contributed by atoms with van der Waals surface area (Å²) in [5.41, 5.74) is 8.26. The second-order valence-electron chi connectivity index (χ2n) is 3.44. The van der Waals surface area contributed by atoms with E-state index in [4.69, 9.17) is 5.73 Å². The van der Waals surface area contributed by atoms with E-state index in [1.807, 2.05) is 6.07 Å². The molecule has 0 saturated heterocycles. The minimum Gasteiger partial charge on any atom is -0.326 e. The van der Waals surface area contributed by atoms with Crippen LogP contribution in [0.25, 0.3) is 0 Å². The Morgan fingerprint density at radius 3 is 2.21 bits per heavy atom. The summed E-state index contributed by atoms with van der Waals surface area (Å²) in [7, 11) is 0. The third-order valence-electron chi connectivity index (χ3n) is 2.46. The molecule has 1 nitrogen and oxygen atoms in total. The number of allylic oxidation sites excluding steroid dienone is 4. The molecule has 14 heavy (non-hydrogen) atoms. The van der Waals surface area contributed by atoms with Gasteiger partial charge in [-0.25, -0.2) is 0 Å². The molecule has 1 aromatic carbocycles. The van der Waals surface area contributed by atoms with Crippen molar-refractivity contribution in [1.82, 2.24) is 0 Å². The van der Waals surface area contributed by atoms with Gasteiger partial charge in [0.25, 0.3) is 0 Å². The Morgan fingerprint density at radius 2 is 1.57 bits per heavy atom. The van der Waals surface area contributed by atoms with Crippen molar-refractivity contribution < 1.29 is 0 Å². The van der Waals surface area contributed by atoms with Gasteiger partial charge < -0.3 is 5.73 Å². The van der Waals surface area contributed by atoms with E-state index in [1.165, 1.54) is 17.0 Å². The van der Waals surface area contributed by atoms with Crippen LogP contribution < -0.4 is 5.73 Å². The molecule has 0 spiro atoms. The largest absolute Gasteiger partial charge is 0.326 e. The summed E-state index contributed by atoms with van der Waals surface area (Å²) in [6.07, 6.45) is 9.42. The highest BCUT2D eigenvalue weighted by molar-refractivity contribution is 5.40. The fourth-order valence-electron chi connectivity index (χ4n) is 1.68. The third-order valence-corrected chi connectivity index (χ3v) is 2.46. The molecule has 0 aromatic heterocycles. The smallest absolute Gasteiger partial charge is 0.0237 e. The molecule has 71 valence electrons. The first kappa shape index (κ1) is 9.22. The quantitative estimate of drug-likeness (QED) is 0.767. The molecule has 0 aliphatic heterocycles. The monoisotopic (exact) mass is 184 g/mol. The lowest BCUT2D eigenvalue weighted by atomic mass is 9.97. The van der Waals surface area contributed by atoms with Crippen LogP contribution in [0.2, 0.25) is 0 Å². The fraction of sp³-hybridized carbons (Fsp3) is 0.154. The Labute approximate surface area is 84.9 Å². The Morgan fingerprint density at radius 1 is 0.929 bits per heavy atom. The second kappa shape index (κ2) is 4.25. The fourth-order valence-corrected chi connectivity index (χ4v) is 1.68. The van der Waals surface area contributed by atoms with Gasteiger partial charge in [0.05, 0.1) is 0 Å². The van der Waals surface area contributed by atoms with Gasteiger partial charge in [-0.1, -0.05) is 48.6 Å². The van der Waals surface area contributed by atoms with E-state index < -0.39 is 0 Å². The molecule has 0 amide bonds. The molecule has 1 aliphatic carbocycles. The van der Waals surface area contributed by atoms with E-state index >= 15 is 0 Å². The molecule has 0 saturated carbocycles. The standard InChI is InChI=1S/C13H14N/c14-10-13-8-4-3-7-12(13)9-11-5-1-2-6-11/h1-8H,9-10,14H2. The van der Waals surface area contributed by atoms with Crippen molar-refractivity contribution in [1.29, 1.82) is 0 Å². The SMILES string of the molecule is NCc1ccccc1C[C]1C=CC=C1. The van der Waals surface area contributed by atoms with Gasteiger partial charge in [0, 0.05) is 12.5 Å². The van der Waals surface area contributed by atoms with Gasteiger partial charge in [0.2, 0.25) is 0 Å². The molecule has 2 N–H and O–H groups in total. The lowest BCUT2D eigenvalue weighted by Crippen LogP contribution is -2.03. The van der Waals surface area contributed by atoms with Gasteiger partial charge in [-0.15, -0.1) is 0 Å². The van der Waals surface area contributed by atoms with Crippen LogP contribution in [0.1, 0.15) is 11.1 Å². The lowest BCUT2D eigenvalue weighted by Gasteiger charge is -2.09. The van der Waals surface area contributed by atoms with Crippen molar-refractivity contribution in [2.75, 3.05) is 0 Å². The van der Waals surface area contributed by atoms with Gasteiger partial charge in [0.1, 0.15) is 0 Å². The van der Waals surface area contributed by atoms with Gasteiger partial charge in [-0.3, -0.25) is 0 Å². The number of hydrogen-bond acceptors (Lipinski definition) is 1. The zero-order chi connectivity index (χ0) is 9.80. The molecule has 2 rings (SSSR count). The van der Waals surface area contributed by atoms with Gasteiger partial charge >= 0.3 is 0 Å². The summed E-state index contributed by atoms with van der Waals surface area (Å²) in [6.45, 7) is 0.622. The molecule has 0 atom stereocenters. The van der Waals surface area contributed by atoms with Crippen LogP contribution in [0.5, 0.6) is 0 Å². The Bertz CT molecular complexity index is 351. The first-order valence-electron chi connectivity index (χ1n) is 4.87. The number of benzene rings is 1. The summed E-state index contributed by atoms with van der Waals surface area (Å²) in [5, 5.41) is 0. The summed E-state index contributed by atoms with van der Waals surface area (Å²) in [5.74, 6) is 1.35. The van der Waals surface area contributed by atoms with Crippen molar-refractivity contribution in [2.24, 2.45) is 5.73 Å². The normalized spacial score (nSPS) is 15.2. The van der Waals surface area contributed by atoms with Crippen LogP contribution >= 0.6 is 0 Å². The van der Waals surface area contributed by atoms with Crippen LogP contribution in [0.3, 0.4) is 0 Å². The molecule has 1 radical (unpaired) electrons.